The number of hydrogen-bond donors (Lipinski definition) is 3. The fraction of sp³-hybridized carbons (Fsp3) is 0.688. The minimum Gasteiger partial charge on any atom is -0.396 e. The summed E-state index contributed by atoms with van der Waals surface area (Å²) in [5, 5.41) is 15.4. The van der Waals surface area contributed by atoms with E-state index in [4.69, 9.17) is 5.11 Å². The molecule has 2 heterocycles. The number of nitrogens with zero attached hydrogens (tertiary/aromatic N) is 1. The van der Waals surface area contributed by atoms with Gasteiger partial charge in [-0.25, -0.2) is 0 Å². The summed E-state index contributed by atoms with van der Waals surface area (Å²) in [6.07, 6.45) is 4.81. The molecule has 1 saturated heterocycles. The molecule has 5 nitrogen and oxygen atoms in total. The van der Waals surface area contributed by atoms with Crippen LogP contribution in [-0.4, -0.2) is 41.8 Å². The maximum atomic E-state index is 12.4. The molecule has 3 N–H and O–H groups in total. The van der Waals surface area contributed by atoms with Crippen LogP contribution in [0.15, 0.2) is 18.3 Å². The quantitative estimate of drug-likeness (QED) is 0.745. The Bertz CT molecular complexity index is 462. The number of aromatic nitrogens is 1. The lowest BCUT2D eigenvalue weighted by atomic mass is 9.90. The Kier molecular flexibility index (Phi) is 5.42. The molecule has 21 heavy (non-hydrogen) atoms. The maximum Gasteiger partial charge on any atom is 0.267 e. The lowest BCUT2D eigenvalue weighted by Gasteiger charge is -2.27. The molecule has 118 valence electrons. The highest BCUT2D eigenvalue weighted by atomic mass is 16.3. The van der Waals surface area contributed by atoms with Crippen LogP contribution in [0.25, 0.3) is 0 Å². The highest BCUT2D eigenvalue weighted by molar-refractivity contribution is 5.92. The van der Waals surface area contributed by atoms with Crippen LogP contribution in [0.5, 0.6) is 0 Å². The number of aliphatic hydroxyl groups excluding tert-OH is 1. The van der Waals surface area contributed by atoms with Crippen LogP contribution in [0.1, 0.15) is 49.6 Å². The van der Waals surface area contributed by atoms with Crippen molar-refractivity contribution in [2.75, 3.05) is 26.2 Å². The normalized spacial score (nSPS) is 16.9. The van der Waals surface area contributed by atoms with Crippen molar-refractivity contribution in [2.45, 2.75) is 39.2 Å². The van der Waals surface area contributed by atoms with Crippen molar-refractivity contribution in [2.24, 2.45) is 5.41 Å². The van der Waals surface area contributed by atoms with Gasteiger partial charge in [-0.05, 0) is 49.9 Å². The maximum absolute atomic E-state index is 12.4. The molecule has 2 rings (SSSR count). The van der Waals surface area contributed by atoms with Gasteiger partial charge in [-0.2, -0.15) is 0 Å². The third-order valence-corrected chi connectivity index (χ3v) is 4.23. The van der Waals surface area contributed by atoms with Crippen LogP contribution in [0.2, 0.25) is 0 Å². The molecule has 0 bridgehead atoms. The Balaban J connectivity index is 1.98. The van der Waals surface area contributed by atoms with Crippen LogP contribution >= 0.6 is 0 Å². The standard InChI is InChI=1S/C16H27N3O2/c1-16(2,7-11-20)12-18-15(21)14-4-3-10-19(14)13-5-8-17-9-6-13/h3-4,10,13,17,20H,5-9,11-12H2,1-2H3,(H,18,21). The molecule has 0 saturated carbocycles. The minimum atomic E-state index is -0.0867. The van der Waals surface area contributed by atoms with Crippen LogP contribution in [0.3, 0.4) is 0 Å². The smallest absolute Gasteiger partial charge is 0.267 e. The predicted molar refractivity (Wildman–Crippen MR) is 83.4 cm³/mol. The van der Waals surface area contributed by atoms with Gasteiger partial charge in [0, 0.05) is 25.4 Å². The van der Waals surface area contributed by atoms with Gasteiger partial charge in [-0.15, -0.1) is 0 Å². The van der Waals surface area contributed by atoms with Crippen molar-refractivity contribution >= 4 is 5.91 Å². The van der Waals surface area contributed by atoms with Crippen molar-refractivity contribution in [1.82, 2.24) is 15.2 Å². The van der Waals surface area contributed by atoms with Gasteiger partial charge < -0.3 is 20.3 Å². The van der Waals surface area contributed by atoms with E-state index >= 15 is 0 Å². The molecule has 1 aliphatic heterocycles. The Morgan fingerprint density at radius 1 is 1.48 bits per heavy atom. The second-order valence-corrected chi connectivity index (χ2v) is 6.60. The lowest BCUT2D eigenvalue weighted by molar-refractivity contribution is 0.0915. The van der Waals surface area contributed by atoms with E-state index in [1.165, 1.54) is 0 Å². The van der Waals surface area contributed by atoms with Crippen molar-refractivity contribution < 1.29 is 9.90 Å². The molecule has 0 spiro atoms. The number of carbonyl (C=O) groups is 1. The first-order valence-electron chi connectivity index (χ1n) is 7.80. The number of rotatable bonds is 6. The molecule has 0 radical (unpaired) electrons. The highest BCUT2D eigenvalue weighted by Crippen LogP contribution is 2.22. The molecule has 1 fully saturated rings. The second kappa shape index (κ2) is 7.09. The number of nitrogens with one attached hydrogen (secondary N) is 2. The fourth-order valence-electron chi connectivity index (χ4n) is 2.79. The van der Waals surface area contributed by atoms with Crippen molar-refractivity contribution in [3.63, 3.8) is 0 Å². The van der Waals surface area contributed by atoms with Gasteiger partial charge in [0.15, 0.2) is 0 Å². The topological polar surface area (TPSA) is 66.3 Å². The van der Waals surface area contributed by atoms with Crippen molar-refractivity contribution in [1.29, 1.82) is 0 Å². The third kappa shape index (κ3) is 4.32. The van der Waals surface area contributed by atoms with Crippen LogP contribution in [0, 0.1) is 5.41 Å². The number of carbonyl (C=O) groups excluding carboxylic acids is 1. The zero-order valence-corrected chi connectivity index (χ0v) is 13.1. The highest BCUT2D eigenvalue weighted by Gasteiger charge is 2.22. The SMILES string of the molecule is CC(C)(CCO)CNC(=O)c1cccn1C1CCNCC1. The van der Waals surface area contributed by atoms with Gasteiger partial charge in [0.2, 0.25) is 0 Å². The molecule has 0 unspecified atom stereocenters. The predicted octanol–water partition coefficient (Wildman–Crippen LogP) is 1.55. The van der Waals surface area contributed by atoms with Gasteiger partial charge in [0.1, 0.15) is 5.69 Å². The molecule has 1 amide bonds. The summed E-state index contributed by atoms with van der Waals surface area (Å²) in [5.41, 5.74) is 0.651. The Labute approximate surface area is 126 Å². The van der Waals surface area contributed by atoms with Gasteiger partial charge in [-0.1, -0.05) is 13.8 Å². The largest absolute Gasteiger partial charge is 0.396 e. The summed E-state index contributed by atoms with van der Waals surface area (Å²) in [5.74, 6) is -0.0236. The van der Waals surface area contributed by atoms with Crippen LogP contribution in [0.4, 0.5) is 0 Å². The molecule has 0 atom stereocenters. The second-order valence-electron chi connectivity index (χ2n) is 6.60. The van der Waals surface area contributed by atoms with E-state index in [1.807, 2.05) is 18.3 Å². The summed E-state index contributed by atoms with van der Waals surface area (Å²) in [7, 11) is 0. The first-order valence-corrected chi connectivity index (χ1v) is 7.80. The Hall–Kier alpha value is -1.33. The summed E-state index contributed by atoms with van der Waals surface area (Å²) in [6.45, 7) is 6.84. The Morgan fingerprint density at radius 2 is 2.19 bits per heavy atom. The molecular weight excluding hydrogens is 266 g/mol. The summed E-state index contributed by atoms with van der Waals surface area (Å²) >= 11 is 0. The van der Waals surface area contributed by atoms with E-state index in [0.29, 0.717) is 19.0 Å². The number of aliphatic hydroxyl groups is 1. The average Bonchev–Trinajstić information content (AvgIpc) is 2.95. The summed E-state index contributed by atoms with van der Waals surface area (Å²) in [4.78, 5) is 12.4. The van der Waals surface area contributed by atoms with Gasteiger partial charge in [0.25, 0.3) is 5.91 Å². The van der Waals surface area contributed by atoms with Crippen molar-refractivity contribution in [3.05, 3.63) is 24.0 Å². The van der Waals surface area contributed by atoms with E-state index in [9.17, 15) is 4.79 Å². The fourth-order valence-corrected chi connectivity index (χ4v) is 2.79. The van der Waals surface area contributed by atoms with E-state index in [1.54, 1.807) is 0 Å². The first-order chi connectivity index (χ1) is 10.0. The molecule has 1 aromatic rings. The summed E-state index contributed by atoms with van der Waals surface area (Å²) in [6, 6.07) is 4.24. The molecule has 0 aliphatic carbocycles. The monoisotopic (exact) mass is 293 g/mol. The molecular formula is C16H27N3O2. The van der Waals surface area contributed by atoms with Gasteiger partial charge in [-0.3, -0.25) is 4.79 Å². The zero-order chi connectivity index (χ0) is 15.3. The molecule has 0 aromatic carbocycles. The average molecular weight is 293 g/mol. The van der Waals surface area contributed by atoms with E-state index in [-0.39, 0.29) is 17.9 Å². The molecule has 1 aromatic heterocycles. The van der Waals surface area contributed by atoms with Crippen LogP contribution < -0.4 is 10.6 Å². The molecule has 1 aliphatic rings. The summed E-state index contributed by atoms with van der Waals surface area (Å²) < 4.78 is 2.11. The van der Waals surface area contributed by atoms with E-state index in [2.05, 4.69) is 29.0 Å². The van der Waals surface area contributed by atoms with E-state index in [0.717, 1.165) is 31.6 Å². The minimum absolute atomic E-state index is 0.0236. The first kappa shape index (κ1) is 16.0. The third-order valence-electron chi connectivity index (χ3n) is 4.23. The number of piperidine rings is 1. The number of amides is 1. The van der Waals surface area contributed by atoms with Crippen molar-refractivity contribution in [3.8, 4) is 0 Å². The van der Waals surface area contributed by atoms with Crippen LogP contribution in [-0.2, 0) is 0 Å². The lowest BCUT2D eigenvalue weighted by Crippen LogP contribution is -2.36. The van der Waals surface area contributed by atoms with Gasteiger partial charge in [0.05, 0.1) is 0 Å². The zero-order valence-electron chi connectivity index (χ0n) is 13.1. The van der Waals surface area contributed by atoms with Gasteiger partial charge >= 0.3 is 0 Å². The Morgan fingerprint density at radius 3 is 2.86 bits per heavy atom. The number of hydrogen-bond acceptors (Lipinski definition) is 3. The molecule has 5 heteroatoms. The van der Waals surface area contributed by atoms with E-state index < -0.39 is 0 Å².